The lowest BCUT2D eigenvalue weighted by atomic mass is 10.0. The van der Waals surface area contributed by atoms with E-state index in [0.29, 0.717) is 17.7 Å². The maximum absolute atomic E-state index is 12.7. The summed E-state index contributed by atoms with van der Waals surface area (Å²) in [5, 5.41) is 2.86. The molecule has 2 aliphatic rings. The molecule has 0 N–H and O–H groups in total. The Morgan fingerprint density at radius 3 is 2.77 bits per heavy atom. The summed E-state index contributed by atoms with van der Waals surface area (Å²) < 4.78 is 0. The molecule has 4 nitrogen and oxygen atoms in total. The molecule has 22 heavy (non-hydrogen) atoms. The van der Waals surface area contributed by atoms with Gasteiger partial charge >= 0.3 is 0 Å². The van der Waals surface area contributed by atoms with Crippen LogP contribution >= 0.6 is 11.3 Å². The van der Waals surface area contributed by atoms with Gasteiger partial charge < -0.3 is 4.90 Å². The second kappa shape index (κ2) is 6.67. The molecule has 1 aliphatic carbocycles. The summed E-state index contributed by atoms with van der Waals surface area (Å²) in [6.07, 6.45) is 3.86. The van der Waals surface area contributed by atoms with Crippen molar-refractivity contribution in [1.82, 2.24) is 14.8 Å². The van der Waals surface area contributed by atoms with E-state index in [1.54, 1.807) is 11.3 Å². The van der Waals surface area contributed by atoms with Gasteiger partial charge in [0.2, 0.25) is 0 Å². The molecule has 1 saturated carbocycles. The van der Waals surface area contributed by atoms with E-state index < -0.39 is 0 Å². The first-order valence-electron chi connectivity index (χ1n) is 8.50. The minimum absolute atomic E-state index is 0.114. The van der Waals surface area contributed by atoms with Crippen LogP contribution in [0.25, 0.3) is 0 Å². The summed E-state index contributed by atoms with van der Waals surface area (Å²) in [4.78, 5) is 21.8. The Morgan fingerprint density at radius 2 is 2.18 bits per heavy atom. The largest absolute Gasteiger partial charge is 0.336 e. The predicted molar refractivity (Wildman–Crippen MR) is 90.3 cm³/mol. The van der Waals surface area contributed by atoms with E-state index in [4.69, 9.17) is 0 Å². The quantitative estimate of drug-likeness (QED) is 0.855. The van der Waals surface area contributed by atoms with E-state index in [1.807, 2.05) is 17.2 Å². The fourth-order valence-corrected chi connectivity index (χ4v) is 3.95. The zero-order chi connectivity index (χ0) is 15.7. The number of carbonyl (C=O) groups is 1. The van der Waals surface area contributed by atoms with Crippen molar-refractivity contribution in [2.45, 2.75) is 46.1 Å². The highest BCUT2D eigenvalue weighted by molar-refractivity contribution is 7.09. The summed E-state index contributed by atoms with van der Waals surface area (Å²) >= 11 is 1.56. The number of rotatable bonds is 4. The molecule has 5 heteroatoms. The number of carbonyl (C=O) groups excluding carboxylic acids is 1. The smallest absolute Gasteiger partial charge is 0.273 e. The van der Waals surface area contributed by atoms with Gasteiger partial charge in [0, 0.05) is 37.6 Å². The Morgan fingerprint density at radius 1 is 1.41 bits per heavy atom. The van der Waals surface area contributed by atoms with Crippen molar-refractivity contribution in [1.29, 1.82) is 0 Å². The third-order valence-corrected chi connectivity index (χ3v) is 5.61. The van der Waals surface area contributed by atoms with Crippen molar-refractivity contribution in [2.75, 3.05) is 26.2 Å². The molecule has 0 radical (unpaired) electrons. The van der Waals surface area contributed by atoms with E-state index in [0.717, 1.165) is 37.0 Å². The Bertz CT molecular complexity index is 524. The average molecular weight is 321 g/mol. The average Bonchev–Trinajstić information content (AvgIpc) is 3.23. The molecule has 1 unspecified atom stereocenters. The molecule has 1 aliphatic heterocycles. The second-order valence-electron chi connectivity index (χ2n) is 7.11. The second-order valence-corrected chi connectivity index (χ2v) is 8.17. The fourth-order valence-electron chi connectivity index (χ4n) is 3.36. The van der Waals surface area contributed by atoms with Crippen LogP contribution in [0.3, 0.4) is 0 Å². The van der Waals surface area contributed by atoms with Crippen LogP contribution in [0.15, 0.2) is 5.38 Å². The number of aryl methyl sites for hydroxylation is 1. The lowest BCUT2D eigenvalue weighted by molar-refractivity contribution is 0.0699. The molecule has 0 aromatic carbocycles. The SMILES string of the molecule is Cc1nc(C(=O)N2CCCN(CC3CC3)C(C(C)C)C2)cs1. The van der Waals surface area contributed by atoms with Crippen LogP contribution in [0.4, 0.5) is 0 Å². The van der Waals surface area contributed by atoms with E-state index in [9.17, 15) is 4.79 Å². The lowest BCUT2D eigenvalue weighted by Gasteiger charge is -2.34. The van der Waals surface area contributed by atoms with Gasteiger partial charge in [0.1, 0.15) is 5.69 Å². The molecule has 1 atom stereocenters. The van der Waals surface area contributed by atoms with E-state index in [-0.39, 0.29) is 5.91 Å². The zero-order valence-corrected chi connectivity index (χ0v) is 14.7. The van der Waals surface area contributed by atoms with Crippen LogP contribution < -0.4 is 0 Å². The number of hydrogen-bond acceptors (Lipinski definition) is 4. The number of aromatic nitrogens is 1. The van der Waals surface area contributed by atoms with Gasteiger partial charge in [0.15, 0.2) is 0 Å². The highest BCUT2D eigenvalue weighted by atomic mass is 32.1. The van der Waals surface area contributed by atoms with Crippen molar-refractivity contribution in [3.63, 3.8) is 0 Å². The molecule has 3 rings (SSSR count). The standard InChI is InChI=1S/C17H27N3OS/c1-12(2)16-10-20(17(21)15-11-22-13(3)18-15)8-4-7-19(16)9-14-5-6-14/h11-12,14,16H,4-10H2,1-3H3. The summed E-state index contributed by atoms with van der Waals surface area (Å²) in [5.74, 6) is 1.59. The van der Waals surface area contributed by atoms with E-state index >= 15 is 0 Å². The molecule has 1 saturated heterocycles. The molecule has 1 amide bonds. The molecule has 0 bridgehead atoms. The number of nitrogens with zero attached hydrogens (tertiary/aromatic N) is 3. The van der Waals surface area contributed by atoms with Gasteiger partial charge in [-0.3, -0.25) is 9.69 Å². The summed E-state index contributed by atoms with van der Waals surface area (Å²) in [7, 11) is 0. The van der Waals surface area contributed by atoms with Gasteiger partial charge in [-0.1, -0.05) is 13.8 Å². The van der Waals surface area contributed by atoms with Gasteiger partial charge in [0.05, 0.1) is 5.01 Å². The van der Waals surface area contributed by atoms with Crippen LogP contribution in [0.2, 0.25) is 0 Å². The number of amides is 1. The van der Waals surface area contributed by atoms with Gasteiger partial charge in [0.25, 0.3) is 5.91 Å². The van der Waals surface area contributed by atoms with Crippen molar-refractivity contribution < 1.29 is 4.79 Å². The van der Waals surface area contributed by atoms with Crippen LogP contribution in [0.1, 0.15) is 48.6 Å². The van der Waals surface area contributed by atoms with Gasteiger partial charge in [-0.2, -0.15) is 0 Å². The zero-order valence-electron chi connectivity index (χ0n) is 13.9. The minimum Gasteiger partial charge on any atom is -0.336 e. The van der Waals surface area contributed by atoms with Gasteiger partial charge in [-0.05, 0) is 38.0 Å². The lowest BCUT2D eigenvalue weighted by Crippen LogP contribution is -2.46. The fraction of sp³-hybridized carbons (Fsp3) is 0.765. The van der Waals surface area contributed by atoms with E-state index in [1.165, 1.54) is 19.4 Å². The topological polar surface area (TPSA) is 36.4 Å². The Kier molecular flexibility index (Phi) is 4.83. The molecule has 122 valence electrons. The van der Waals surface area contributed by atoms with Crippen molar-refractivity contribution in [2.24, 2.45) is 11.8 Å². The summed E-state index contributed by atoms with van der Waals surface area (Å²) in [5.41, 5.74) is 0.626. The normalized spacial score (nSPS) is 23.8. The Labute approximate surface area is 137 Å². The van der Waals surface area contributed by atoms with Gasteiger partial charge in [-0.15, -0.1) is 11.3 Å². The first-order valence-corrected chi connectivity index (χ1v) is 9.38. The van der Waals surface area contributed by atoms with Crippen LogP contribution in [-0.2, 0) is 0 Å². The molecule has 1 aromatic rings. The van der Waals surface area contributed by atoms with Crippen LogP contribution in [0, 0.1) is 18.8 Å². The van der Waals surface area contributed by atoms with Gasteiger partial charge in [-0.25, -0.2) is 4.98 Å². The van der Waals surface area contributed by atoms with Crippen LogP contribution in [0.5, 0.6) is 0 Å². The number of thiazole rings is 1. The highest BCUT2D eigenvalue weighted by Gasteiger charge is 2.33. The monoisotopic (exact) mass is 321 g/mol. The molecular weight excluding hydrogens is 294 g/mol. The highest BCUT2D eigenvalue weighted by Crippen LogP contribution is 2.32. The third kappa shape index (κ3) is 3.69. The van der Waals surface area contributed by atoms with Crippen molar-refractivity contribution in [3.8, 4) is 0 Å². The molecule has 2 fully saturated rings. The maximum Gasteiger partial charge on any atom is 0.273 e. The molecule has 1 aromatic heterocycles. The van der Waals surface area contributed by atoms with E-state index in [2.05, 4.69) is 23.7 Å². The molecule has 0 spiro atoms. The minimum atomic E-state index is 0.114. The van der Waals surface area contributed by atoms with Crippen molar-refractivity contribution >= 4 is 17.2 Å². The van der Waals surface area contributed by atoms with Crippen LogP contribution in [-0.4, -0.2) is 52.9 Å². The first kappa shape index (κ1) is 15.9. The Hall–Kier alpha value is -0.940. The maximum atomic E-state index is 12.7. The Balaban J connectivity index is 1.71. The molecule has 2 heterocycles. The summed E-state index contributed by atoms with van der Waals surface area (Å²) in [6, 6.07) is 0.479. The third-order valence-electron chi connectivity index (χ3n) is 4.83. The predicted octanol–water partition coefficient (Wildman–Crippen LogP) is 3.03. The molecular formula is C17H27N3OS. The first-order chi connectivity index (χ1) is 10.5. The number of hydrogen-bond donors (Lipinski definition) is 0. The van der Waals surface area contributed by atoms with Crippen molar-refractivity contribution in [3.05, 3.63) is 16.1 Å². The summed E-state index contributed by atoms with van der Waals surface area (Å²) in [6.45, 7) is 10.6.